The van der Waals surface area contributed by atoms with Gasteiger partial charge in [-0.05, 0) is 5.92 Å². The van der Waals surface area contributed by atoms with Gasteiger partial charge in [0.05, 0.1) is 5.52 Å². The molecule has 0 bridgehead atoms. The molecule has 2 N–H and O–H groups in total. The Morgan fingerprint density at radius 3 is 2.84 bits per heavy atom. The zero-order valence-electron chi connectivity index (χ0n) is 9.63. The van der Waals surface area contributed by atoms with Gasteiger partial charge in [-0.3, -0.25) is 9.78 Å². The van der Waals surface area contributed by atoms with Crippen LogP contribution in [0.15, 0.2) is 9.59 Å². The molecular formula is C11H7ClFN3O3. The van der Waals surface area contributed by atoms with E-state index in [9.17, 15) is 14.0 Å². The van der Waals surface area contributed by atoms with Crippen molar-refractivity contribution < 1.29 is 9.13 Å². The average Bonchev–Trinajstić information content (AvgIpc) is 2.35. The maximum atomic E-state index is 13.7. The number of nitrogens with zero attached hydrogens (tertiary/aromatic N) is 1. The first kappa shape index (κ1) is 13.3. The van der Waals surface area contributed by atoms with Crippen LogP contribution in [0.25, 0.3) is 10.9 Å². The number of H-pyrrole nitrogens is 2. The molecule has 98 valence electrons. The number of ether oxygens (including phenoxy) is 1. The van der Waals surface area contributed by atoms with Gasteiger partial charge in [0, 0.05) is 7.11 Å². The van der Waals surface area contributed by atoms with Gasteiger partial charge in [-0.2, -0.15) is 0 Å². The van der Waals surface area contributed by atoms with Crippen molar-refractivity contribution >= 4 is 22.5 Å². The minimum Gasteiger partial charge on any atom is -0.372 e. The van der Waals surface area contributed by atoms with Crippen molar-refractivity contribution in [2.45, 2.75) is 0 Å². The van der Waals surface area contributed by atoms with Crippen LogP contribution < -0.4 is 11.2 Å². The standard InChI is InChI=1S/C11H7ClFN3O3/c1-19-4-2-3-5-6-8(7(13)9(12)14-5)15-11(18)16-10(6)17/h4H2,1H3,(H2,15,16,17,18). The molecule has 2 aromatic heterocycles. The van der Waals surface area contributed by atoms with Crippen LogP contribution in [0.2, 0.25) is 5.15 Å². The summed E-state index contributed by atoms with van der Waals surface area (Å²) in [6, 6.07) is 0. The number of fused-ring (bicyclic) bond motifs is 1. The minimum absolute atomic E-state index is 0.0315. The van der Waals surface area contributed by atoms with Crippen LogP contribution in [0.5, 0.6) is 0 Å². The molecule has 0 aliphatic carbocycles. The Labute approximate surface area is 110 Å². The highest BCUT2D eigenvalue weighted by Gasteiger charge is 2.15. The fourth-order valence-corrected chi connectivity index (χ4v) is 1.64. The molecule has 0 saturated carbocycles. The number of halogens is 2. The van der Waals surface area contributed by atoms with E-state index in [4.69, 9.17) is 16.3 Å². The lowest BCUT2D eigenvalue weighted by Crippen LogP contribution is -2.23. The van der Waals surface area contributed by atoms with Crippen molar-refractivity contribution in [1.82, 2.24) is 15.0 Å². The van der Waals surface area contributed by atoms with Gasteiger partial charge < -0.3 is 9.72 Å². The van der Waals surface area contributed by atoms with Crippen LogP contribution in [0, 0.1) is 17.7 Å². The summed E-state index contributed by atoms with van der Waals surface area (Å²) in [6.45, 7) is 0.111. The number of hydrogen-bond donors (Lipinski definition) is 2. The van der Waals surface area contributed by atoms with Crippen molar-refractivity contribution in [1.29, 1.82) is 0 Å². The molecule has 0 aliphatic rings. The molecule has 6 nitrogen and oxygen atoms in total. The molecule has 2 aromatic rings. The number of rotatable bonds is 1. The zero-order valence-corrected chi connectivity index (χ0v) is 10.4. The maximum Gasteiger partial charge on any atom is 0.326 e. The third-order valence-corrected chi connectivity index (χ3v) is 2.46. The third kappa shape index (κ3) is 2.50. The van der Waals surface area contributed by atoms with Crippen LogP contribution in [0.3, 0.4) is 0 Å². The molecule has 0 aliphatic heterocycles. The average molecular weight is 284 g/mol. The first-order valence-corrected chi connectivity index (χ1v) is 5.41. The number of hydrogen-bond acceptors (Lipinski definition) is 4. The zero-order chi connectivity index (χ0) is 14.0. The number of aromatic nitrogens is 3. The van der Waals surface area contributed by atoms with Crippen molar-refractivity contribution in [3.8, 4) is 11.8 Å². The second-order valence-electron chi connectivity index (χ2n) is 3.46. The van der Waals surface area contributed by atoms with Crippen LogP contribution in [-0.4, -0.2) is 28.7 Å². The van der Waals surface area contributed by atoms with E-state index in [0.717, 1.165) is 0 Å². The van der Waals surface area contributed by atoms with Gasteiger partial charge in [0.1, 0.15) is 17.7 Å². The molecule has 2 rings (SSSR count). The lowest BCUT2D eigenvalue weighted by Gasteiger charge is -2.02. The van der Waals surface area contributed by atoms with E-state index in [0.29, 0.717) is 0 Å². The van der Waals surface area contributed by atoms with E-state index >= 15 is 0 Å². The lowest BCUT2D eigenvalue weighted by atomic mass is 10.2. The predicted molar refractivity (Wildman–Crippen MR) is 66.7 cm³/mol. The highest BCUT2D eigenvalue weighted by molar-refractivity contribution is 6.30. The molecule has 8 heteroatoms. The highest BCUT2D eigenvalue weighted by Crippen LogP contribution is 2.20. The molecule has 0 unspecified atom stereocenters. The van der Waals surface area contributed by atoms with Gasteiger partial charge in [0.2, 0.25) is 0 Å². The van der Waals surface area contributed by atoms with E-state index in [1.165, 1.54) is 7.11 Å². The van der Waals surface area contributed by atoms with Crippen molar-refractivity contribution in [3.05, 3.63) is 37.5 Å². The predicted octanol–water partition coefficient (Wildman–Crippen LogP) is 0.402. The first-order chi connectivity index (χ1) is 9.04. The van der Waals surface area contributed by atoms with Crippen LogP contribution >= 0.6 is 11.6 Å². The fourth-order valence-electron chi connectivity index (χ4n) is 1.47. The van der Waals surface area contributed by atoms with Crippen molar-refractivity contribution in [2.24, 2.45) is 0 Å². The van der Waals surface area contributed by atoms with Gasteiger partial charge >= 0.3 is 5.69 Å². The second kappa shape index (κ2) is 5.22. The van der Waals surface area contributed by atoms with Gasteiger partial charge in [-0.1, -0.05) is 17.5 Å². The summed E-state index contributed by atoms with van der Waals surface area (Å²) in [6.07, 6.45) is 0. The Balaban J connectivity index is 2.87. The van der Waals surface area contributed by atoms with Crippen LogP contribution in [0.4, 0.5) is 4.39 Å². The molecule has 0 aromatic carbocycles. The Bertz CT molecular complexity index is 816. The minimum atomic E-state index is -0.975. The summed E-state index contributed by atoms with van der Waals surface area (Å²) in [5.74, 6) is 4.13. The Hall–Kier alpha value is -2.17. The fraction of sp³-hybridized carbons (Fsp3) is 0.182. The van der Waals surface area contributed by atoms with Crippen molar-refractivity contribution in [3.63, 3.8) is 0 Å². The SMILES string of the molecule is COCC#Cc1nc(Cl)c(F)c2[nH]c(=O)[nH]c(=O)c12. The number of methoxy groups -OCH3 is 1. The molecule has 0 radical (unpaired) electrons. The quantitative estimate of drug-likeness (QED) is 0.586. The normalized spacial score (nSPS) is 10.3. The smallest absolute Gasteiger partial charge is 0.326 e. The second-order valence-corrected chi connectivity index (χ2v) is 3.82. The summed E-state index contributed by atoms with van der Waals surface area (Å²) in [7, 11) is 1.45. The maximum absolute atomic E-state index is 13.7. The molecule has 0 atom stereocenters. The van der Waals surface area contributed by atoms with E-state index < -0.39 is 22.2 Å². The van der Waals surface area contributed by atoms with Gasteiger partial charge in [-0.15, -0.1) is 0 Å². The molecular weight excluding hydrogens is 277 g/mol. The largest absolute Gasteiger partial charge is 0.372 e. The Morgan fingerprint density at radius 1 is 1.42 bits per heavy atom. The van der Waals surface area contributed by atoms with E-state index in [2.05, 4.69) is 21.8 Å². The summed E-state index contributed by atoms with van der Waals surface area (Å²) in [5.41, 5.74) is -1.98. The monoisotopic (exact) mass is 283 g/mol. The molecule has 0 saturated heterocycles. The Morgan fingerprint density at radius 2 is 2.16 bits per heavy atom. The highest BCUT2D eigenvalue weighted by atomic mass is 35.5. The molecule has 19 heavy (non-hydrogen) atoms. The summed E-state index contributed by atoms with van der Waals surface area (Å²) >= 11 is 5.59. The molecule has 2 heterocycles. The first-order valence-electron chi connectivity index (χ1n) is 5.03. The Kier molecular flexibility index (Phi) is 3.64. The summed E-state index contributed by atoms with van der Waals surface area (Å²) in [4.78, 5) is 30.7. The summed E-state index contributed by atoms with van der Waals surface area (Å²) < 4.78 is 18.5. The van der Waals surface area contributed by atoms with Gasteiger partial charge in [0.25, 0.3) is 5.56 Å². The van der Waals surface area contributed by atoms with Gasteiger partial charge in [0.15, 0.2) is 11.0 Å². The third-order valence-electron chi connectivity index (χ3n) is 2.21. The van der Waals surface area contributed by atoms with E-state index in [1.807, 2.05) is 4.98 Å². The van der Waals surface area contributed by atoms with Crippen LogP contribution in [-0.2, 0) is 4.74 Å². The number of pyridine rings is 1. The van der Waals surface area contributed by atoms with Crippen molar-refractivity contribution in [2.75, 3.05) is 13.7 Å². The molecule has 0 fully saturated rings. The lowest BCUT2D eigenvalue weighted by molar-refractivity contribution is 0.240. The molecule has 0 amide bonds. The topological polar surface area (TPSA) is 87.8 Å². The van der Waals surface area contributed by atoms with E-state index in [-0.39, 0.29) is 23.2 Å². The number of aromatic amines is 2. The molecule has 0 spiro atoms. The van der Waals surface area contributed by atoms with Gasteiger partial charge in [-0.25, -0.2) is 14.2 Å². The van der Waals surface area contributed by atoms with Crippen LogP contribution in [0.1, 0.15) is 5.69 Å². The summed E-state index contributed by atoms with van der Waals surface area (Å²) in [5, 5.41) is -0.638. The van der Waals surface area contributed by atoms with E-state index in [1.54, 1.807) is 0 Å². The number of nitrogens with one attached hydrogen (secondary N) is 2.